The van der Waals surface area contributed by atoms with Gasteiger partial charge in [-0.05, 0) is 25.7 Å². The van der Waals surface area contributed by atoms with Crippen molar-refractivity contribution in [3.8, 4) is 0 Å². The van der Waals surface area contributed by atoms with Gasteiger partial charge in [0.05, 0.1) is 5.69 Å². The molecule has 0 aliphatic heterocycles. The first kappa shape index (κ1) is 15.0. The Hall–Kier alpha value is -1.44. The topological polar surface area (TPSA) is 55.0 Å². The van der Waals surface area contributed by atoms with Crippen LogP contribution >= 0.6 is 0 Å². The second-order valence-electron chi connectivity index (χ2n) is 4.70. The summed E-state index contributed by atoms with van der Waals surface area (Å²) in [4.78, 5) is 18.3. The Labute approximate surface area is 112 Å². The van der Waals surface area contributed by atoms with E-state index in [2.05, 4.69) is 14.7 Å². The molecule has 0 fully saturated rings. The fourth-order valence-corrected chi connectivity index (χ4v) is 2.07. The Morgan fingerprint density at radius 3 is 2.70 bits per heavy atom. The van der Waals surface area contributed by atoms with Crippen LogP contribution in [-0.4, -0.2) is 28.9 Å². The van der Waals surface area contributed by atoms with Crippen LogP contribution in [0.3, 0.4) is 0 Å². The molecule has 0 bridgehead atoms. The standard InChI is InChI=1S/C12H14F4N2O2/c13-11(14)12(15,16)6-20-5-9-17-8-4-2-1-3-7(8)10(19)18-9/h11H,1-6H2,(H,17,18,19). The highest BCUT2D eigenvalue weighted by atomic mass is 19.3. The zero-order chi connectivity index (χ0) is 14.8. The number of H-pyrrole nitrogens is 1. The summed E-state index contributed by atoms with van der Waals surface area (Å²) in [7, 11) is 0. The highest BCUT2D eigenvalue weighted by Gasteiger charge is 2.41. The molecule has 0 radical (unpaired) electrons. The van der Waals surface area contributed by atoms with Gasteiger partial charge in [0, 0.05) is 5.56 Å². The number of nitrogens with zero attached hydrogens (tertiary/aromatic N) is 1. The number of fused-ring (bicyclic) bond motifs is 1. The van der Waals surface area contributed by atoms with Crippen molar-refractivity contribution in [2.45, 2.75) is 44.6 Å². The van der Waals surface area contributed by atoms with Crippen molar-refractivity contribution in [2.75, 3.05) is 6.61 Å². The minimum Gasteiger partial charge on any atom is -0.367 e. The molecule has 2 rings (SSSR count). The summed E-state index contributed by atoms with van der Waals surface area (Å²) in [5, 5.41) is 0. The summed E-state index contributed by atoms with van der Waals surface area (Å²) >= 11 is 0. The third-order valence-electron chi connectivity index (χ3n) is 3.09. The summed E-state index contributed by atoms with van der Waals surface area (Å²) in [6.07, 6.45) is -0.665. The summed E-state index contributed by atoms with van der Waals surface area (Å²) < 4.78 is 53.6. The van der Waals surface area contributed by atoms with Crippen LogP contribution in [0.15, 0.2) is 4.79 Å². The van der Waals surface area contributed by atoms with Gasteiger partial charge in [0.25, 0.3) is 5.56 Å². The highest BCUT2D eigenvalue weighted by Crippen LogP contribution is 2.23. The molecule has 0 aromatic carbocycles. The van der Waals surface area contributed by atoms with E-state index in [0.29, 0.717) is 24.1 Å². The zero-order valence-electron chi connectivity index (χ0n) is 10.6. The third kappa shape index (κ3) is 3.36. The molecule has 1 N–H and O–H groups in total. The van der Waals surface area contributed by atoms with Gasteiger partial charge in [-0.25, -0.2) is 13.8 Å². The number of hydrogen-bond acceptors (Lipinski definition) is 3. The molecule has 1 aromatic heterocycles. The summed E-state index contributed by atoms with van der Waals surface area (Å²) in [6.45, 7) is -1.84. The lowest BCUT2D eigenvalue weighted by Gasteiger charge is -2.16. The highest BCUT2D eigenvalue weighted by molar-refractivity contribution is 5.20. The Morgan fingerprint density at radius 1 is 1.30 bits per heavy atom. The van der Waals surface area contributed by atoms with Gasteiger partial charge >= 0.3 is 12.3 Å². The lowest BCUT2D eigenvalue weighted by molar-refractivity contribution is -0.168. The maximum absolute atomic E-state index is 12.6. The molecule has 4 nitrogen and oxygen atoms in total. The van der Waals surface area contributed by atoms with Crippen LogP contribution < -0.4 is 5.56 Å². The Balaban J connectivity index is 2.01. The van der Waals surface area contributed by atoms with E-state index in [1.807, 2.05) is 0 Å². The van der Waals surface area contributed by atoms with Gasteiger partial charge in [0.1, 0.15) is 19.0 Å². The van der Waals surface area contributed by atoms with Gasteiger partial charge < -0.3 is 9.72 Å². The Bertz CT molecular complexity index is 531. The summed E-state index contributed by atoms with van der Waals surface area (Å²) in [5.41, 5.74) is 0.936. The van der Waals surface area contributed by atoms with E-state index < -0.39 is 25.6 Å². The monoisotopic (exact) mass is 294 g/mol. The number of nitrogens with one attached hydrogen (secondary N) is 1. The van der Waals surface area contributed by atoms with Crippen molar-refractivity contribution >= 4 is 0 Å². The SMILES string of the molecule is O=c1[nH]c(COCC(F)(F)C(F)F)nc2c1CCCC2. The second-order valence-corrected chi connectivity index (χ2v) is 4.70. The fourth-order valence-electron chi connectivity index (χ4n) is 2.07. The van der Waals surface area contributed by atoms with E-state index in [0.717, 1.165) is 12.8 Å². The number of hydrogen-bond donors (Lipinski definition) is 1. The lowest BCUT2D eigenvalue weighted by atomic mass is 9.97. The molecule has 0 saturated heterocycles. The molecule has 1 heterocycles. The van der Waals surface area contributed by atoms with Crippen molar-refractivity contribution in [2.24, 2.45) is 0 Å². The molecule has 0 spiro atoms. The molecule has 112 valence electrons. The quantitative estimate of drug-likeness (QED) is 0.846. The van der Waals surface area contributed by atoms with Gasteiger partial charge in [-0.3, -0.25) is 4.79 Å². The Kier molecular flexibility index (Phi) is 4.42. The van der Waals surface area contributed by atoms with E-state index in [1.54, 1.807) is 0 Å². The molecule has 20 heavy (non-hydrogen) atoms. The van der Waals surface area contributed by atoms with Crippen LogP contribution in [-0.2, 0) is 24.2 Å². The van der Waals surface area contributed by atoms with Crippen molar-refractivity contribution in [3.05, 3.63) is 27.4 Å². The minimum atomic E-state index is -4.20. The average Bonchev–Trinajstić information content (AvgIpc) is 2.38. The molecule has 0 amide bonds. The zero-order valence-corrected chi connectivity index (χ0v) is 10.6. The largest absolute Gasteiger partial charge is 0.367 e. The fraction of sp³-hybridized carbons (Fsp3) is 0.667. The van der Waals surface area contributed by atoms with Crippen molar-refractivity contribution < 1.29 is 22.3 Å². The molecule has 0 unspecified atom stereocenters. The minimum absolute atomic E-state index is 0.0840. The molecule has 1 aliphatic carbocycles. The lowest BCUT2D eigenvalue weighted by Crippen LogP contribution is -2.32. The average molecular weight is 294 g/mol. The van der Waals surface area contributed by atoms with Crippen molar-refractivity contribution in [1.82, 2.24) is 9.97 Å². The van der Waals surface area contributed by atoms with Crippen molar-refractivity contribution in [3.63, 3.8) is 0 Å². The molecule has 8 heteroatoms. The number of rotatable bonds is 5. The molecular formula is C12H14F4N2O2. The van der Waals surface area contributed by atoms with E-state index in [4.69, 9.17) is 0 Å². The van der Waals surface area contributed by atoms with E-state index >= 15 is 0 Å². The number of aromatic nitrogens is 2. The first-order chi connectivity index (χ1) is 9.40. The molecule has 0 saturated carbocycles. The van der Waals surface area contributed by atoms with Gasteiger partial charge in [-0.1, -0.05) is 0 Å². The van der Waals surface area contributed by atoms with Crippen LogP contribution in [0.4, 0.5) is 17.6 Å². The third-order valence-corrected chi connectivity index (χ3v) is 3.09. The van der Waals surface area contributed by atoms with Crippen LogP contribution in [0.1, 0.15) is 29.9 Å². The molecule has 0 atom stereocenters. The Morgan fingerprint density at radius 2 is 2.00 bits per heavy atom. The van der Waals surface area contributed by atoms with E-state index in [-0.39, 0.29) is 11.4 Å². The predicted molar refractivity (Wildman–Crippen MR) is 62.1 cm³/mol. The second kappa shape index (κ2) is 5.90. The maximum Gasteiger partial charge on any atom is 0.330 e. The number of alkyl halides is 4. The first-order valence-corrected chi connectivity index (χ1v) is 6.25. The number of aryl methyl sites for hydroxylation is 1. The van der Waals surface area contributed by atoms with Crippen LogP contribution in [0, 0.1) is 0 Å². The van der Waals surface area contributed by atoms with Gasteiger partial charge in [-0.2, -0.15) is 8.78 Å². The molecule has 1 aliphatic rings. The normalized spacial score (nSPS) is 15.4. The van der Waals surface area contributed by atoms with Crippen LogP contribution in [0.25, 0.3) is 0 Å². The van der Waals surface area contributed by atoms with Crippen LogP contribution in [0.2, 0.25) is 0 Å². The molecular weight excluding hydrogens is 280 g/mol. The van der Waals surface area contributed by atoms with Gasteiger partial charge in [0.2, 0.25) is 0 Å². The van der Waals surface area contributed by atoms with Crippen LogP contribution in [0.5, 0.6) is 0 Å². The van der Waals surface area contributed by atoms with E-state index in [1.165, 1.54) is 0 Å². The predicted octanol–water partition coefficient (Wildman–Crippen LogP) is 2.07. The van der Waals surface area contributed by atoms with Gasteiger partial charge in [-0.15, -0.1) is 0 Å². The number of ether oxygens (including phenoxy) is 1. The number of aromatic amines is 1. The first-order valence-electron chi connectivity index (χ1n) is 6.25. The summed E-state index contributed by atoms with van der Waals surface area (Å²) in [5.74, 6) is -4.12. The van der Waals surface area contributed by atoms with E-state index in [9.17, 15) is 22.4 Å². The van der Waals surface area contributed by atoms with Crippen molar-refractivity contribution in [1.29, 1.82) is 0 Å². The van der Waals surface area contributed by atoms with Gasteiger partial charge in [0.15, 0.2) is 0 Å². The summed E-state index contributed by atoms with van der Waals surface area (Å²) in [6, 6.07) is 0. The molecule has 1 aromatic rings. The smallest absolute Gasteiger partial charge is 0.330 e. The maximum atomic E-state index is 12.6. The number of halogens is 4.